The number of rotatable bonds is 1. The van der Waals surface area contributed by atoms with Crippen LogP contribution in [0.25, 0.3) is 0 Å². The lowest BCUT2D eigenvalue weighted by Crippen LogP contribution is -2.41. The van der Waals surface area contributed by atoms with Crippen LogP contribution in [0.1, 0.15) is 50.0 Å². The van der Waals surface area contributed by atoms with Gasteiger partial charge >= 0.3 is 7.12 Å². The smallest absolute Gasteiger partial charge is 0.399 e. The Bertz CT molecular complexity index is 532. The standard InChI is InChI=1S/C15H19BO3/c1-14(2)15(3,4)19-16(18-14)11-7-5-6-10-8-9-12(17)13(10)11/h5-7H,8-9H2,1-4H3. The van der Waals surface area contributed by atoms with Crippen LogP contribution in [0, 0.1) is 0 Å². The lowest BCUT2D eigenvalue weighted by molar-refractivity contribution is 0.00578. The molecular formula is C15H19BO3. The highest BCUT2D eigenvalue weighted by Gasteiger charge is 2.52. The Morgan fingerprint density at radius 2 is 1.68 bits per heavy atom. The minimum absolute atomic E-state index is 0.209. The van der Waals surface area contributed by atoms with Gasteiger partial charge in [-0.2, -0.15) is 0 Å². The molecule has 0 saturated carbocycles. The summed E-state index contributed by atoms with van der Waals surface area (Å²) in [7, 11) is -0.443. The van der Waals surface area contributed by atoms with E-state index < -0.39 is 7.12 Å². The van der Waals surface area contributed by atoms with Crippen molar-refractivity contribution in [2.45, 2.75) is 51.7 Å². The first-order valence-electron chi connectivity index (χ1n) is 6.82. The molecule has 0 unspecified atom stereocenters. The van der Waals surface area contributed by atoms with E-state index in [0.717, 1.165) is 23.0 Å². The van der Waals surface area contributed by atoms with Crippen molar-refractivity contribution in [3.8, 4) is 0 Å². The zero-order valence-corrected chi connectivity index (χ0v) is 11.9. The lowest BCUT2D eigenvalue weighted by atomic mass is 9.75. The third-order valence-corrected chi connectivity index (χ3v) is 4.59. The van der Waals surface area contributed by atoms with Crippen LogP contribution in [0.4, 0.5) is 0 Å². The first-order chi connectivity index (χ1) is 8.82. The van der Waals surface area contributed by atoms with Crippen molar-refractivity contribution in [1.82, 2.24) is 0 Å². The molecule has 0 atom stereocenters. The second-order valence-electron chi connectivity index (χ2n) is 6.39. The Morgan fingerprint density at radius 3 is 2.32 bits per heavy atom. The lowest BCUT2D eigenvalue weighted by Gasteiger charge is -2.32. The highest BCUT2D eigenvalue weighted by molar-refractivity contribution is 6.64. The number of fused-ring (bicyclic) bond motifs is 1. The highest BCUT2D eigenvalue weighted by atomic mass is 16.7. The van der Waals surface area contributed by atoms with Crippen molar-refractivity contribution in [3.63, 3.8) is 0 Å². The van der Waals surface area contributed by atoms with Crippen LogP contribution in [0.15, 0.2) is 18.2 Å². The van der Waals surface area contributed by atoms with Crippen LogP contribution in [0.5, 0.6) is 0 Å². The topological polar surface area (TPSA) is 35.5 Å². The van der Waals surface area contributed by atoms with Gasteiger partial charge in [-0.05, 0) is 45.1 Å². The summed E-state index contributed by atoms with van der Waals surface area (Å²) >= 11 is 0. The van der Waals surface area contributed by atoms with E-state index in [1.165, 1.54) is 0 Å². The number of benzene rings is 1. The Hall–Kier alpha value is -1.13. The molecule has 1 aliphatic heterocycles. The fraction of sp³-hybridized carbons (Fsp3) is 0.533. The van der Waals surface area contributed by atoms with Gasteiger partial charge < -0.3 is 9.31 Å². The largest absolute Gasteiger partial charge is 0.495 e. The third-order valence-electron chi connectivity index (χ3n) is 4.59. The van der Waals surface area contributed by atoms with Gasteiger partial charge in [0.1, 0.15) is 0 Å². The predicted octanol–water partition coefficient (Wildman–Crippen LogP) is 2.11. The molecule has 3 nitrogen and oxygen atoms in total. The third kappa shape index (κ3) is 1.85. The minimum atomic E-state index is -0.443. The summed E-state index contributed by atoms with van der Waals surface area (Å²) in [4.78, 5) is 12.1. The molecule has 0 spiro atoms. The van der Waals surface area contributed by atoms with Crippen LogP contribution in [-0.4, -0.2) is 24.1 Å². The summed E-state index contributed by atoms with van der Waals surface area (Å²) < 4.78 is 12.1. The Balaban J connectivity index is 2.02. The normalized spacial score (nSPS) is 23.8. The van der Waals surface area contributed by atoms with Gasteiger partial charge in [0, 0.05) is 12.0 Å². The van der Waals surface area contributed by atoms with E-state index in [2.05, 4.69) is 0 Å². The van der Waals surface area contributed by atoms with Gasteiger partial charge in [-0.15, -0.1) is 0 Å². The number of ketones is 1. The van der Waals surface area contributed by atoms with Gasteiger partial charge in [-0.25, -0.2) is 0 Å². The van der Waals surface area contributed by atoms with Gasteiger partial charge in [0.2, 0.25) is 0 Å². The number of hydrogen-bond acceptors (Lipinski definition) is 3. The molecule has 1 saturated heterocycles. The molecule has 3 rings (SSSR count). The predicted molar refractivity (Wildman–Crippen MR) is 74.8 cm³/mol. The Morgan fingerprint density at radius 1 is 1.05 bits per heavy atom. The monoisotopic (exact) mass is 258 g/mol. The summed E-state index contributed by atoms with van der Waals surface area (Å²) in [6.45, 7) is 8.10. The number of hydrogen-bond donors (Lipinski definition) is 0. The maximum Gasteiger partial charge on any atom is 0.495 e. The van der Waals surface area contributed by atoms with Crippen molar-refractivity contribution in [2.75, 3.05) is 0 Å². The molecule has 0 bridgehead atoms. The van der Waals surface area contributed by atoms with Crippen molar-refractivity contribution in [2.24, 2.45) is 0 Å². The number of carbonyl (C=O) groups is 1. The quantitative estimate of drug-likeness (QED) is 0.724. The number of aryl methyl sites for hydroxylation is 1. The molecule has 19 heavy (non-hydrogen) atoms. The number of carbonyl (C=O) groups excluding carboxylic acids is 1. The zero-order chi connectivity index (χ0) is 13.8. The van der Waals surface area contributed by atoms with Gasteiger partial charge in [0.05, 0.1) is 11.2 Å². The van der Waals surface area contributed by atoms with Gasteiger partial charge in [-0.1, -0.05) is 18.2 Å². The molecule has 0 N–H and O–H groups in total. The number of Topliss-reactive ketones (excluding diaryl/α,β-unsaturated/α-hetero) is 1. The van der Waals surface area contributed by atoms with Gasteiger partial charge in [0.15, 0.2) is 5.78 Å². The minimum Gasteiger partial charge on any atom is -0.399 e. The molecule has 1 aromatic carbocycles. The summed E-state index contributed by atoms with van der Waals surface area (Å²) in [5.41, 5.74) is 2.08. The van der Waals surface area contributed by atoms with Crippen LogP contribution in [-0.2, 0) is 15.7 Å². The summed E-state index contributed by atoms with van der Waals surface area (Å²) in [5, 5.41) is 0. The molecule has 4 heteroatoms. The highest BCUT2D eigenvalue weighted by Crippen LogP contribution is 2.37. The molecule has 1 aliphatic carbocycles. The fourth-order valence-corrected chi connectivity index (χ4v) is 2.71. The van der Waals surface area contributed by atoms with Crippen molar-refractivity contribution < 1.29 is 14.1 Å². The zero-order valence-electron chi connectivity index (χ0n) is 11.9. The van der Waals surface area contributed by atoms with E-state index in [0.29, 0.717) is 6.42 Å². The SMILES string of the molecule is CC1(C)OB(c2cccc3c2C(=O)CC3)OC1(C)C. The molecule has 1 heterocycles. The molecule has 100 valence electrons. The van der Waals surface area contributed by atoms with Crippen molar-refractivity contribution in [3.05, 3.63) is 29.3 Å². The maximum absolute atomic E-state index is 12.1. The maximum atomic E-state index is 12.1. The molecule has 0 aromatic heterocycles. The van der Waals surface area contributed by atoms with Crippen molar-refractivity contribution in [1.29, 1.82) is 0 Å². The fourth-order valence-electron chi connectivity index (χ4n) is 2.71. The van der Waals surface area contributed by atoms with E-state index in [1.54, 1.807) is 0 Å². The van der Waals surface area contributed by atoms with Crippen LogP contribution < -0.4 is 5.46 Å². The molecule has 0 radical (unpaired) electrons. The summed E-state index contributed by atoms with van der Waals surface area (Å²) in [6, 6.07) is 5.96. The Kier molecular flexibility index (Phi) is 2.67. The van der Waals surface area contributed by atoms with E-state index in [1.807, 2.05) is 45.9 Å². The Labute approximate surface area is 114 Å². The van der Waals surface area contributed by atoms with Crippen LogP contribution >= 0.6 is 0 Å². The van der Waals surface area contributed by atoms with Crippen LogP contribution in [0.2, 0.25) is 0 Å². The second kappa shape index (κ2) is 3.93. The first-order valence-corrected chi connectivity index (χ1v) is 6.82. The average Bonchev–Trinajstić information content (AvgIpc) is 2.78. The van der Waals surface area contributed by atoms with Gasteiger partial charge in [-0.3, -0.25) is 4.79 Å². The van der Waals surface area contributed by atoms with E-state index in [4.69, 9.17) is 9.31 Å². The summed E-state index contributed by atoms with van der Waals surface area (Å²) in [6.07, 6.45) is 1.44. The molecule has 1 aromatic rings. The van der Waals surface area contributed by atoms with E-state index in [9.17, 15) is 4.79 Å². The first kappa shape index (κ1) is 12.9. The molecule has 2 aliphatic rings. The van der Waals surface area contributed by atoms with Gasteiger partial charge in [0.25, 0.3) is 0 Å². The van der Waals surface area contributed by atoms with Crippen molar-refractivity contribution >= 4 is 18.4 Å². The summed E-state index contributed by atoms with van der Waals surface area (Å²) in [5.74, 6) is 0.209. The molecular weight excluding hydrogens is 239 g/mol. The second-order valence-corrected chi connectivity index (χ2v) is 6.39. The average molecular weight is 258 g/mol. The molecule has 0 amide bonds. The van der Waals surface area contributed by atoms with E-state index >= 15 is 0 Å². The van der Waals surface area contributed by atoms with E-state index in [-0.39, 0.29) is 17.0 Å². The van der Waals surface area contributed by atoms with Crippen LogP contribution in [0.3, 0.4) is 0 Å². The molecule has 1 fully saturated rings.